The van der Waals surface area contributed by atoms with E-state index in [-0.39, 0.29) is 0 Å². The van der Waals surface area contributed by atoms with Gasteiger partial charge in [-0.15, -0.1) is 0 Å². The van der Waals surface area contributed by atoms with E-state index in [4.69, 9.17) is 0 Å². The molecule has 88 valence electrons. The molecule has 2 aromatic rings. The molecule has 0 unspecified atom stereocenters. The van der Waals surface area contributed by atoms with Crippen LogP contribution in [0.5, 0.6) is 0 Å². The van der Waals surface area contributed by atoms with Gasteiger partial charge in [0.05, 0.1) is 5.69 Å². The Labute approximate surface area is 102 Å². The highest BCUT2D eigenvalue weighted by atomic mass is 14.9. The highest BCUT2D eigenvalue weighted by molar-refractivity contribution is 5.54. The van der Waals surface area contributed by atoms with Crippen LogP contribution in [0.4, 0.5) is 11.4 Å². The highest BCUT2D eigenvalue weighted by Gasteiger charge is 2.05. The van der Waals surface area contributed by atoms with E-state index in [2.05, 4.69) is 39.9 Å². The van der Waals surface area contributed by atoms with E-state index in [1.54, 1.807) is 12.4 Å². The van der Waals surface area contributed by atoms with Crippen molar-refractivity contribution >= 4 is 11.4 Å². The van der Waals surface area contributed by atoms with Crippen molar-refractivity contribution in [2.45, 2.75) is 6.42 Å². The first-order valence-corrected chi connectivity index (χ1v) is 5.79. The molecule has 1 aliphatic heterocycles. The molecule has 17 heavy (non-hydrogen) atoms. The summed E-state index contributed by atoms with van der Waals surface area (Å²) in [5, 5.41) is 6.26. The minimum atomic E-state index is 1.05. The van der Waals surface area contributed by atoms with Crippen LogP contribution < -0.4 is 10.6 Å². The number of para-hydroxylation sites is 1. The topological polar surface area (TPSA) is 37.0 Å². The van der Waals surface area contributed by atoms with Gasteiger partial charge in [-0.25, -0.2) is 0 Å². The molecule has 2 N–H and O–H groups in total. The first-order valence-electron chi connectivity index (χ1n) is 5.79. The monoisotopic (exact) mass is 227 g/mol. The number of anilines is 2. The standard InChI is InChI=1S/C8H9N.C6H8N2/c1-2-4-8-7(3-1)5-6-9-8;1-7-6-3-2-4-8-5-6/h1-4,9H,5-6H2;2-5,7H,1H3. The Morgan fingerprint density at radius 1 is 1.18 bits per heavy atom. The van der Waals surface area contributed by atoms with Crippen LogP contribution in [0, 0.1) is 0 Å². The summed E-state index contributed by atoms with van der Waals surface area (Å²) in [4.78, 5) is 3.89. The van der Waals surface area contributed by atoms with Gasteiger partial charge in [0.15, 0.2) is 0 Å². The molecule has 0 saturated heterocycles. The third-order valence-corrected chi connectivity index (χ3v) is 2.68. The van der Waals surface area contributed by atoms with Gasteiger partial charge in [-0.05, 0) is 30.2 Å². The summed E-state index contributed by atoms with van der Waals surface area (Å²) in [6, 6.07) is 12.3. The molecular formula is C14H17N3. The molecule has 0 radical (unpaired) electrons. The lowest BCUT2D eigenvalue weighted by atomic mass is 10.2. The number of aromatic nitrogens is 1. The molecule has 3 heteroatoms. The van der Waals surface area contributed by atoms with Crippen molar-refractivity contribution in [1.82, 2.24) is 4.98 Å². The Morgan fingerprint density at radius 2 is 2.06 bits per heavy atom. The summed E-state index contributed by atoms with van der Waals surface area (Å²) < 4.78 is 0. The number of nitrogens with one attached hydrogen (secondary N) is 2. The van der Waals surface area contributed by atoms with Crippen LogP contribution >= 0.6 is 0 Å². The molecule has 1 aliphatic rings. The Kier molecular flexibility index (Phi) is 3.97. The number of hydrogen-bond acceptors (Lipinski definition) is 3. The molecule has 2 heterocycles. The number of hydrogen-bond donors (Lipinski definition) is 2. The van der Waals surface area contributed by atoms with E-state index in [0.29, 0.717) is 0 Å². The van der Waals surface area contributed by atoms with Gasteiger partial charge in [-0.3, -0.25) is 4.98 Å². The maximum Gasteiger partial charge on any atom is 0.0524 e. The van der Waals surface area contributed by atoms with Crippen LogP contribution in [-0.4, -0.2) is 18.6 Å². The molecule has 3 rings (SSSR count). The summed E-state index contributed by atoms with van der Waals surface area (Å²) >= 11 is 0. The third-order valence-electron chi connectivity index (χ3n) is 2.68. The first kappa shape index (κ1) is 11.5. The predicted molar refractivity (Wildman–Crippen MR) is 72.4 cm³/mol. The average molecular weight is 227 g/mol. The van der Waals surface area contributed by atoms with E-state index in [1.165, 1.54) is 17.7 Å². The van der Waals surface area contributed by atoms with Crippen LogP contribution in [0.2, 0.25) is 0 Å². The van der Waals surface area contributed by atoms with Crippen molar-refractivity contribution in [2.24, 2.45) is 0 Å². The van der Waals surface area contributed by atoms with Crippen LogP contribution in [0.3, 0.4) is 0 Å². The van der Waals surface area contributed by atoms with Crippen molar-refractivity contribution < 1.29 is 0 Å². The molecule has 1 aromatic heterocycles. The largest absolute Gasteiger partial charge is 0.387 e. The minimum absolute atomic E-state index is 1.05. The van der Waals surface area contributed by atoms with Crippen molar-refractivity contribution in [3.05, 3.63) is 54.4 Å². The smallest absolute Gasteiger partial charge is 0.0524 e. The van der Waals surface area contributed by atoms with Gasteiger partial charge >= 0.3 is 0 Å². The summed E-state index contributed by atoms with van der Waals surface area (Å²) in [6.45, 7) is 1.11. The number of rotatable bonds is 1. The fourth-order valence-electron chi connectivity index (χ4n) is 1.75. The summed E-state index contributed by atoms with van der Waals surface area (Å²) in [7, 11) is 1.87. The number of fused-ring (bicyclic) bond motifs is 1. The lowest BCUT2D eigenvalue weighted by Crippen LogP contribution is -1.90. The Bertz CT molecular complexity index is 431. The molecule has 0 bridgehead atoms. The Hall–Kier alpha value is -2.03. The van der Waals surface area contributed by atoms with Crippen molar-refractivity contribution in [2.75, 3.05) is 24.2 Å². The lowest BCUT2D eigenvalue weighted by Gasteiger charge is -1.94. The number of nitrogens with zero attached hydrogens (tertiary/aromatic N) is 1. The van der Waals surface area contributed by atoms with Crippen LogP contribution in [0.15, 0.2) is 48.8 Å². The second-order valence-corrected chi connectivity index (χ2v) is 3.83. The van der Waals surface area contributed by atoms with Crippen molar-refractivity contribution in [3.8, 4) is 0 Å². The van der Waals surface area contributed by atoms with Crippen molar-refractivity contribution in [3.63, 3.8) is 0 Å². The molecular weight excluding hydrogens is 210 g/mol. The maximum absolute atomic E-state index is 3.89. The predicted octanol–water partition coefficient (Wildman–Crippen LogP) is 2.78. The zero-order chi connectivity index (χ0) is 11.9. The maximum atomic E-state index is 3.89. The van der Waals surface area contributed by atoms with E-state index in [9.17, 15) is 0 Å². The zero-order valence-electron chi connectivity index (χ0n) is 9.98. The zero-order valence-corrected chi connectivity index (χ0v) is 9.98. The van der Waals surface area contributed by atoms with Crippen LogP contribution in [0.25, 0.3) is 0 Å². The van der Waals surface area contributed by atoms with Gasteiger partial charge in [0.1, 0.15) is 0 Å². The Morgan fingerprint density at radius 3 is 2.71 bits per heavy atom. The Balaban J connectivity index is 0.000000128. The highest BCUT2D eigenvalue weighted by Crippen LogP contribution is 2.19. The van der Waals surface area contributed by atoms with Gasteiger partial charge in [0, 0.05) is 31.7 Å². The number of benzene rings is 1. The third kappa shape index (κ3) is 3.21. The summed E-state index contributed by atoms with van der Waals surface area (Å²) in [5.74, 6) is 0. The minimum Gasteiger partial charge on any atom is -0.387 e. The normalized spacial score (nSPS) is 11.8. The molecule has 0 atom stereocenters. The summed E-state index contributed by atoms with van der Waals surface area (Å²) in [6.07, 6.45) is 4.72. The van der Waals surface area contributed by atoms with Gasteiger partial charge in [-0.1, -0.05) is 18.2 Å². The van der Waals surface area contributed by atoms with Gasteiger partial charge < -0.3 is 10.6 Å². The second kappa shape index (κ2) is 5.89. The molecule has 1 aromatic carbocycles. The lowest BCUT2D eigenvalue weighted by molar-refractivity contribution is 1.11. The van der Waals surface area contributed by atoms with Crippen molar-refractivity contribution in [1.29, 1.82) is 0 Å². The quantitative estimate of drug-likeness (QED) is 0.786. The van der Waals surface area contributed by atoms with E-state index < -0.39 is 0 Å². The second-order valence-electron chi connectivity index (χ2n) is 3.83. The van der Waals surface area contributed by atoms with E-state index in [1.807, 2.05) is 19.2 Å². The molecule has 0 fully saturated rings. The van der Waals surface area contributed by atoms with Crippen LogP contribution in [0.1, 0.15) is 5.56 Å². The molecule has 0 spiro atoms. The average Bonchev–Trinajstić information content (AvgIpc) is 2.89. The molecule has 0 amide bonds. The fraction of sp³-hybridized carbons (Fsp3) is 0.214. The van der Waals surface area contributed by atoms with Gasteiger partial charge in [0.25, 0.3) is 0 Å². The number of pyridine rings is 1. The first-order chi connectivity index (χ1) is 8.40. The molecule has 3 nitrogen and oxygen atoms in total. The van der Waals surface area contributed by atoms with E-state index in [0.717, 1.165) is 12.2 Å². The molecule has 0 aliphatic carbocycles. The van der Waals surface area contributed by atoms with Gasteiger partial charge in [-0.2, -0.15) is 0 Å². The van der Waals surface area contributed by atoms with Crippen LogP contribution in [-0.2, 0) is 6.42 Å². The SMILES string of the molecule is CNc1cccnc1.c1ccc2c(c1)CCN2. The fourth-order valence-corrected chi connectivity index (χ4v) is 1.75. The van der Waals surface area contributed by atoms with E-state index >= 15 is 0 Å². The molecule has 0 saturated carbocycles. The summed E-state index contributed by atoms with van der Waals surface area (Å²) in [5.41, 5.74) is 3.82. The van der Waals surface area contributed by atoms with Gasteiger partial charge in [0.2, 0.25) is 0 Å².